The smallest absolute Gasteiger partial charge is 0.238 e. The van der Waals surface area contributed by atoms with Crippen LogP contribution in [0.4, 0.5) is 0 Å². The Morgan fingerprint density at radius 1 is 0.361 bits per heavy atom. The number of rotatable bonds is 9. The lowest BCUT2D eigenvalue weighted by Crippen LogP contribution is -2.74. The zero-order valence-corrected chi connectivity index (χ0v) is 43.3. The van der Waals surface area contributed by atoms with Gasteiger partial charge >= 0.3 is 0 Å². The van der Waals surface area contributed by atoms with Gasteiger partial charge in [0, 0.05) is 59.9 Å². The zero-order chi connectivity index (χ0) is 82.4. The van der Waals surface area contributed by atoms with Crippen LogP contribution >= 0.6 is 0 Å². The highest BCUT2D eigenvalue weighted by molar-refractivity contribution is 7.20. The van der Waals surface area contributed by atoms with Crippen LogP contribution in [0.25, 0.3) is 127 Å². The van der Waals surface area contributed by atoms with Gasteiger partial charge < -0.3 is 13.6 Å². The molecule has 0 radical (unpaired) electrons. The van der Waals surface area contributed by atoms with Crippen LogP contribution in [0.15, 0.2) is 295 Å². The van der Waals surface area contributed by atoms with Gasteiger partial charge in [-0.3, -0.25) is 4.57 Å². The quantitative estimate of drug-likeness (QED) is 0.107. The number of para-hydroxylation sites is 7. The fourth-order valence-corrected chi connectivity index (χ4v) is 15.6. The summed E-state index contributed by atoms with van der Waals surface area (Å²) in [6, 6.07) is -4.38. The van der Waals surface area contributed by atoms with Crippen LogP contribution in [0.2, 0.25) is 0 Å². The molecule has 1 atom stereocenters. The molecule has 17 rings (SSSR count). The largest absolute Gasteiger partial charge is 0.456 e. The summed E-state index contributed by atoms with van der Waals surface area (Å²) in [7, 11) is -5.29. The summed E-state index contributed by atoms with van der Waals surface area (Å²) < 4.78 is 315. The minimum Gasteiger partial charge on any atom is -0.456 e. The number of fused-ring (bicyclic) bond motifs is 13. The van der Waals surface area contributed by atoms with Crippen molar-refractivity contribution < 1.29 is 48.3 Å². The Hall–Kier alpha value is -10.9. The molecule has 5 aromatic heterocycles. The van der Waals surface area contributed by atoms with E-state index in [0.717, 1.165) is 9.13 Å². The molecule has 83 heavy (non-hydrogen) atoms. The highest BCUT2D eigenvalue weighted by atomic mass is 28.3. The lowest BCUT2D eigenvalue weighted by molar-refractivity contribution is 0.669. The van der Waals surface area contributed by atoms with Crippen molar-refractivity contribution >= 4 is 116 Å². The highest BCUT2D eigenvalue weighted by Gasteiger charge is 2.42. The molecule has 0 aliphatic rings. The summed E-state index contributed by atoms with van der Waals surface area (Å²) >= 11 is 0. The second kappa shape index (κ2) is 18.6. The molecule has 0 bridgehead atoms. The first kappa shape index (κ1) is 25.2. The van der Waals surface area contributed by atoms with Crippen LogP contribution in [-0.2, 0) is 0 Å². The van der Waals surface area contributed by atoms with Crippen LogP contribution in [0, 0.1) is 0 Å². The van der Waals surface area contributed by atoms with Gasteiger partial charge in [-0.15, -0.1) is 0 Å². The van der Waals surface area contributed by atoms with Gasteiger partial charge in [-0.2, -0.15) is 9.97 Å². The molecule has 0 aliphatic carbocycles. The van der Waals surface area contributed by atoms with Gasteiger partial charge in [0.25, 0.3) is 0 Å². The molecule has 0 saturated heterocycles. The Kier molecular flexibility index (Phi) is 5.65. The van der Waals surface area contributed by atoms with Crippen molar-refractivity contribution in [3.63, 3.8) is 0 Å². The Balaban J connectivity index is 1.13. The SMILES string of the molecule is [2H]c1c([2H])c([2H])c(-n2c3ccccc3c3c([2H])c([2H])c4c(c5c([2H])c([2H])c([2H])c([2H])c5n4-c4nc(-c5c([2H])c([2H])c([2H])c([Si](c6ccccc6)(c6ccc7oc8ccccc8c7c6)c6c([2H])c([2H])c([2H])c([2H])c6[2H])c5[2H])nc(-c5c([2H])c([2H])c([2H])c([2H])c5-n5c6c([2H])c([2H])c([2H])c([2H])c6c6c([2H])c([2H])c([2H])c([2H])c65)n4)c32)c([2H])c1[2H]. The Labute approximate surface area is 522 Å². The fourth-order valence-electron chi connectivity index (χ4n) is 11.4. The van der Waals surface area contributed by atoms with Crippen LogP contribution < -0.4 is 20.7 Å². The Morgan fingerprint density at radius 2 is 0.988 bits per heavy atom. The number of nitrogens with zero attached hydrogens (tertiary/aromatic N) is 6. The molecule has 0 saturated carbocycles. The number of hydrogen-bond donors (Lipinski definition) is 0. The molecule has 8 heteroatoms. The van der Waals surface area contributed by atoms with Gasteiger partial charge in [0.15, 0.2) is 19.7 Å². The fraction of sp³-hybridized carbons (Fsp3) is 0. The van der Waals surface area contributed by atoms with Gasteiger partial charge in [-0.05, 0) is 87.3 Å². The van der Waals surface area contributed by atoms with Crippen molar-refractivity contribution in [3.05, 3.63) is 290 Å². The van der Waals surface area contributed by atoms with Crippen molar-refractivity contribution in [1.29, 1.82) is 0 Å². The van der Waals surface area contributed by atoms with Gasteiger partial charge in [0.2, 0.25) is 5.95 Å². The van der Waals surface area contributed by atoms with E-state index in [1.807, 2.05) is 0 Å². The minimum atomic E-state index is -5.29. The third kappa shape index (κ3) is 7.06. The molecule has 0 amide bonds. The van der Waals surface area contributed by atoms with E-state index in [9.17, 15) is 32.9 Å². The maximum Gasteiger partial charge on any atom is 0.238 e. The summed E-state index contributed by atoms with van der Waals surface area (Å²) in [6.07, 6.45) is 0. The normalized spacial score (nSPS) is 18.1. The minimum absolute atomic E-state index is 0.0380. The van der Waals surface area contributed by atoms with Crippen LogP contribution in [0.5, 0.6) is 0 Å². The third-order valence-electron chi connectivity index (χ3n) is 14.8. The Bertz CT molecular complexity index is 7270. The molecule has 0 fully saturated rings. The van der Waals surface area contributed by atoms with E-state index >= 15 is 0 Å². The molecular weight excluding hydrogens is 1030 g/mol. The van der Waals surface area contributed by atoms with Gasteiger partial charge in [-0.1, -0.05) is 224 Å². The number of hydrogen-bond acceptors (Lipinski definition) is 4. The maximum atomic E-state index is 11.1. The van der Waals surface area contributed by atoms with E-state index < -0.39 is 296 Å². The average molecular weight is 1110 g/mol. The van der Waals surface area contributed by atoms with Crippen molar-refractivity contribution in [1.82, 2.24) is 28.7 Å². The van der Waals surface area contributed by atoms with E-state index in [-0.39, 0.29) is 37.8 Å². The molecule has 388 valence electrons. The van der Waals surface area contributed by atoms with E-state index in [2.05, 4.69) is 0 Å². The lowest BCUT2D eigenvalue weighted by Gasteiger charge is -2.34. The maximum absolute atomic E-state index is 11.1. The second-order valence-electron chi connectivity index (χ2n) is 19.0. The molecular formula is C75H48N6OSi. The van der Waals surface area contributed by atoms with E-state index in [0.29, 0.717) is 16.4 Å². The summed E-state index contributed by atoms with van der Waals surface area (Å²) in [5, 5.41) is -2.15. The molecule has 7 nitrogen and oxygen atoms in total. The van der Waals surface area contributed by atoms with Gasteiger partial charge in [0.05, 0.1) is 82.7 Å². The molecule has 12 aromatic carbocycles. The highest BCUT2D eigenvalue weighted by Crippen LogP contribution is 2.43. The average Bonchev–Trinajstić information content (AvgIpc) is 1.59. The van der Waals surface area contributed by atoms with E-state index in [1.165, 1.54) is 47.0 Å². The number of aromatic nitrogens is 6. The third-order valence-corrected chi connectivity index (χ3v) is 19.2. The van der Waals surface area contributed by atoms with Crippen molar-refractivity contribution in [3.8, 4) is 40.1 Å². The predicted octanol–water partition coefficient (Wildman–Crippen LogP) is 15.8. The summed E-state index contributed by atoms with van der Waals surface area (Å²) in [6.45, 7) is 0. The zero-order valence-electron chi connectivity index (χ0n) is 74.3. The molecule has 1 unspecified atom stereocenters. The summed E-state index contributed by atoms with van der Waals surface area (Å²) in [5.41, 5.74) is -5.73. The van der Waals surface area contributed by atoms with Gasteiger partial charge in [-0.25, -0.2) is 4.98 Å². The second-order valence-corrected chi connectivity index (χ2v) is 22.7. The molecule has 5 heterocycles. The predicted molar refractivity (Wildman–Crippen MR) is 345 cm³/mol. The topological polar surface area (TPSA) is 66.6 Å². The van der Waals surface area contributed by atoms with E-state index in [4.69, 9.17) is 30.3 Å². The monoisotopic (exact) mass is 1110 g/mol. The van der Waals surface area contributed by atoms with E-state index in [1.54, 1.807) is 54.6 Å². The molecule has 0 spiro atoms. The first-order valence-corrected chi connectivity index (χ1v) is 27.6. The lowest BCUT2D eigenvalue weighted by atomic mass is 10.1. The van der Waals surface area contributed by atoms with Gasteiger partial charge in [0.1, 0.15) is 11.2 Å². The summed E-state index contributed by atoms with van der Waals surface area (Å²) in [4.78, 5) is 14.8. The first-order valence-electron chi connectivity index (χ1n) is 41.6. The molecule has 0 aliphatic heterocycles. The van der Waals surface area contributed by atoms with Crippen molar-refractivity contribution in [2.75, 3.05) is 0 Å². The number of benzene rings is 12. The van der Waals surface area contributed by atoms with Crippen molar-refractivity contribution in [2.24, 2.45) is 0 Å². The van der Waals surface area contributed by atoms with Crippen LogP contribution in [0.3, 0.4) is 0 Å². The molecule has 0 N–H and O–H groups in total. The van der Waals surface area contributed by atoms with Crippen LogP contribution in [-0.4, -0.2) is 36.7 Å². The molecule has 17 aromatic rings. The Morgan fingerprint density at radius 3 is 1.78 bits per heavy atom. The van der Waals surface area contributed by atoms with Crippen molar-refractivity contribution in [2.45, 2.75) is 0 Å². The summed E-state index contributed by atoms with van der Waals surface area (Å²) in [5.74, 6) is -3.13. The van der Waals surface area contributed by atoms with Crippen LogP contribution in [0.1, 0.15) is 43.9 Å². The number of furan rings is 1. The standard InChI is InChI=1S/C75H48N6OSi/c1-4-24-50(25-5-1)79-63-37-16-12-33-57(63)59-44-45-68-71(72(59)79)60-35-13-19-40-66(60)81(68)75-77-73(76-74(78-75)61-36-14-20-41-67(61)80-64-38-17-10-31-55(64)56-32-11-18-39-65(56)80)49-23-22-30-53(47-49)83(51-26-6-2-7-27-51,52-28-8-3-9-29-52)54-43-46-70-62(48-54)58-34-15-21-42-69(58)82-70/h1-48H/i1D,2D,4D,5D,6D,7D,10D,11D,13D,14D,17D,18D,19D,20D,22D,23D,24D,25D,26D,27D,30D,31D,32D,35D,36D,38D,39D,40D,41D,44D,45D,47D. The first-order chi connectivity index (χ1) is 54.5.